The maximum Gasteiger partial charge on any atom is 0.0997 e. The standard InChI is InChI=1S/C14H16N2/c1-4-10-7-11(5-2)14(9-16)12(6-3)13(10)8-15/h7H,4-6H2,1-3H3. The average molecular weight is 212 g/mol. The molecule has 0 saturated carbocycles. The van der Waals surface area contributed by atoms with E-state index in [2.05, 4.69) is 12.1 Å². The minimum atomic E-state index is 0.707. The van der Waals surface area contributed by atoms with Gasteiger partial charge in [0.25, 0.3) is 0 Å². The van der Waals surface area contributed by atoms with Crippen LogP contribution in [0.3, 0.4) is 0 Å². The first-order chi connectivity index (χ1) is 7.73. The lowest BCUT2D eigenvalue weighted by molar-refractivity contribution is 1.02. The smallest absolute Gasteiger partial charge is 0.0997 e. The molecule has 0 fully saturated rings. The van der Waals surface area contributed by atoms with E-state index in [-0.39, 0.29) is 0 Å². The van der Waals surface area contributed by atoms with E-state index in [1.165, 1.54) is 0 Å². The van der Waals surface area contributed by atoms with Gasteiger partial charge in [-0.15, -0.1) is 0 Å². The van der Waals surface area contributed by atoms with Gasteiger partial charge in [0.1, 0.15) is 0 Å². The summed E-state index contributed by atoms with van der Waals surface area (Å²) in [6, 6.07) is 6.49. The largest absolute Gasteiger partial charge is 0.192 e. The molecule has 82 valence electrons. The summed E-state index contributed by atoms with van der Waals surface area (Å²) in [6.07, 6.45) is 2.43. The summed E-state index contributed by atoms with van der Waals surface area (Å²) >= 11 is 0. The molecule has 16 heavy (non-hydrogen) atoms. The first-order valence-electron chi connectivity index (χ1n) is 5.71. The van der Waals surface area contributed by atoms with Crippen LogP contribution in [-0.2, 0) is 19.3 Å². The third-order valence-electron chi connectivity index (χ3n) is 2.93. The van der Waals surface area contributed by atoms with Crippen LogP contribution in [0.25, 0.3) is 0 Å². The molecule has 0 aromatic heterocycles. The summed E-state index contributed by atoms with van der Waals surface area (Å²) in [5.41, 5.74) is 4.46. The molecular weight excluding hydrogens is 196 g/mol. The van der Waals surface area contributed by atoms with Crippen molar-refractivity contribution < 1.29 is 0 Å². The molecule has 0 aliphatic rings. The van der Waals surface area contributed by atoms with Crippen LogP contribution in [0.1, 0.15) is 48.6 Å². The van der Waals surface area contributed by atoms with Gasteiger partial charge in [0, 0.05) is 0 Å². The fourth-order valence-corrected chi connectivity index (χ4v) is 2.06. The molecule has 1 rings (SSSR count). The van der Waals surface area contributed by atoms with Crippen molar-refractivity contribution >= 4 is 0 Å². The van der Waals surface area contributed by atoms with Crippen LogP contribution >= 0.6 is 0 Å². The lowest BCUT2D eigenvalue weighted by atomic mass is 9.89. The first-order valence-corrected chi connectivity index (χ1v) is 5.71. The van der Waals surface area contributed by atoms with Gasteiger partial charge in [0.05, 0.1) is 23.3 Å². The number of nitrogens with zero attached hydrogens (tertiary/aromatic N) is 2. The normalized spacial score (nSPS) is 9.56. The van der Waals surface area contributed by atoms with Crippen molar-refractivity contribution in [2.45, 2.75) is 40.0 Å². The molecule has 1 aromatic carbocycles. The zero-order valence-corrected chi connectivity index (χ0v) is 10.1. The van der Waals surface area contributed by atoms with Gasteiger partial charge in [-0.3, -0.25) is 0 Å². The van der Waals surface area contributed by atoms with Crippen molar-refractivity contribution in [1.29, 1.82) is 10.5 Å². The third-order valence-corrected chi connectivity index (χ3v) is 2.93. The van der Waals surface area contributed by atoms with Crippen molar-refractivity contribution in [1.82, 2.24) is 0 Å². The van der Waals surface area contributed by atoms with E-state index in [1.807, 2.05) is 26.8 Å². The fourth-order valence-electron chi connectivity index (χ4n) is 2.06. The van der Waals surface area contributed by atoms with E-state index < -0.39 is 0 Å². The van der Waals surface area contributed by atoms with Crippen molar-refractivity contribution in [2.75, 3.05) is 0 Å². The molecule has 0 aliphatic carbocycles. The number of nitriles is 2. The third kappa shape index (κ3) is 1.92. The quantitative estimate of drug-likeness (QED) is 0.772. The van der Waals surface area contributed by atoms with E-state index in [4.69, 9.17) is 0 Å². The SMILES string of the molecule is CCc1cc(CC)c(C#N)c(CC)c1C#N. The minimum Gasteiger partial charge on any atom is -0.192 e. The predicted molar refractivity (Wildman–Crippen MR) is 64.0 cm³/mol. The highest BCUT2D eigenvalue weighted by molar-refractivity contribution is 5.56. The Kier molecular flexibility index (Phi) is 4.09. The van der Waals surface area contributed by atoms with Crippen molar-refractivity contribution in [3.8, 4) is 12.1 Å². The minimum absolute atomic E-state index is 0.707. The summed E-state index contributed by atoms with van der Waals surface area (Å²) in [5, 5.41) is 18.4. The second-order valence-electron chi connectivity index (χ2n) is 3.71. The van der Waals surface area contributed by atoms with Crippen molar-refractivity contribution in [3.63, 3.8) is 0 Å². The molecule has 0 aliphatic heterocycles. The van der Waals surface area contributed by atoms with Gasteiger partial charge >= 0.3 is 0 Å². The molecule has 2 heteroatoms. The Balaban J connectivity index is 3.64. The Morgan fingerprint density at radius 3 is 1.56 bits per heavy atom. The van der Waals surface area contributed by atoms with Crippen LogP contribution in [0.5, 0.6) is 0 Å². The number of rotatable bonds is 3. The molecule has 0 saturated heterocycles. The fraction of sp³-hybridized carbons (Fsp3) is 0.429. The summed E-state index contributed by atoms with van der Waals surface area (Å²) < 4.78 is 0. The number of benzene rings is 1. The van der Waals surface area contributed by atoms with Gasteiger partial charge in [-0.2, -0.15) is 10.5 Å². The highest BCUT2D eigenvalue weighted by Crippen LogP contribution is 2.24. The Morgan fingerprint density at radius 1 is 0.875 bits per heavy atom. The molecule has 0 unspecified atom stereocenters. The maximum absolute atomic E-state index is 9.19. The Bertz CT molecular complexity index is 433. The zero-order chi connectivity index (χ0) is 12.1. The van der Waals surface area contributed by atoms with Gasteiger partial charge < -0.3 is 0 Å². The predicted octanol–water partition coefficient (Wildman–Crippen LogP) is 3.12. The number of hydrogen-bond donors (Lipinski definition) is 0. The zero-order valence-electron chi connectivity index (χ0n) is 10.1. The number of aryl methyl sites for hydroxylation is 2. The van der Waals surface area contributed by atoms with E-state index in [1.54, 1.807) is 0 Å². The molecule has 2 nitrogen and oxygen atoms in total. The van der Waals surface area contributed by atoms with Crippen LogP contribution in [0.15, 0.2) is 6.07 Å². The van der Waals surface area contributed by atoms with Gasteiger partial charge in [-0.25, -0.2) is 0 Å². The molecule has 0 amide bonds. The van der Waals surface area contributed by atoms with Crippen LogP contribution in [-0.4, -0.2) is 0 Å². The summed E-state index contributed by atoms with van der Waals surface area (Å²) in [5.74, 6) is 0. The van der Waals surface area contributed by atoms with E-state index >= 15 is 0 Å². The lowest BCUT2D eigenvalue weighted by Gasteiger charge is -2.12. The van der Waals surface area contributed by atoms with Gasteiger partial charge in [0.2, 0.25) is 0 Å². The molecule has 0 radical (unpaired) electrons. The van der Waals surface area contributed by atoms with Crippen molar-refractivity contribution in [2.24, 2.45) is 0 Å². The van der Waals surface area contributed by atoms with E-state index in [0.717, 1.165) is 36.0 Å². The average Bonchev–Trinajstić information content (AvgIpc) is 2.35. The highest BCUT2D eigenvalue weighted by atomic mass is 14.3. The number of hydrogen-bond acceptors (Lipinski definition) is 2. The van der Waals surface area contributed by atoms with Gasteiger partial charge in [-0.1, -0.05) is 26.8 Å². The van der Waals surface area contributed by atoms with Crippen LogP contribution in [0, 0.1) is 22.7 Å². The molecule has 0 atom stereocenters. The molecule has 0 heterocycles. The summed E-state index contributed by atoms with van der Waals surface area (Å²) in [7, 11) is 0. The first kappa shape index (κ1) is 12.3. The van der Waals surface area contributed by atoms with Crippen LogP contribution in [0.2, 0.25) is 0 Å². The van der Waals surface area contributed by atoms with Crippen LogP contribution in [0.4, 0.5) is 0 Å². The molecule has 1 aromatic rings. The lowest BCUT2D eigenvalue weighted by Crippen LogP contribution is -2.03. The van der Waals surface area contributed by atoms with Crippen molar-refractivity contribution in [3.05, 3.63) is 33.9 Å². The second-order valence-corrected chi connectivity index (χ2v) is 3.71. The van der Waals surface area contributed by atoms with E-state index in [9.17, 15) is 10.5 Å². The highest BCUT2D eigenvalue weighted by Gasteiger charge is 2.14. The molecule has 0 bridgehead atoms. The molecule has 0 N–H and O–H groups in total. The summed E-state index contributed by atoms with van der Waals surface area (Å²) in [4.78, 5) is 0. The van der Waals surface area contributed by atoms with Crippen LogP contribution < -0.4 is 0 Å². The Hall–Kier alpha value is -1.80. The van der Waals surface area contributed by atoms with E-state index in [0.29, 0.717) is 11.1 Å². The Morgan fingerprint density at radius 2 is 1.31 bits per heavy atom. The van der Waals surface area contributed by atoms with Gasteiger partial charge in [0.15, 0.2) is 0 Å². The monoisotopic (exact) mass is 212 g/mol. The molecular formula is C14H16N2. The Labute approximate surface area is 97.1 Å². The summed E-state index contributed by atoms with van der Waals surface area (Å²) in [6.45, 7) is 6.08. The maximum atomic E-state index is 9.19. The second kappa shape index (κ2) is 5.33. The molecule has 0 spiro atoms. The topological polar surface area (TPSA) is 47.6 Å². The van der Waals surface area contributed by atoms with Gasteiger partial charge in [-0.05, 0) is 36.0 Å².